The average molecular weight is 277 g/mol. The third-order valence-corrected chi connectivity index (χ3v) is 3.19. The Morgan fingerprint density at radius 1 is 1.60 bits per heavy atom. The van der Waals surface area contributed by atoms with Crippen LogP contribution in [0.4, 0.5) is 0 Å². The van der Waals surface area contributed by atoms with E-state index in [0.717, 1.165) is 18.4 Å². The Labute approximate surface area is 119 Å². The number of rotatable bonds is 7. The van der Waals surface area contributed by atoms with Crippen LogP contribution in [0.3, 0.4) is 0 Å². The first kappa shape index (κ1) is 16.2. The number of nitrogens with two attached hydrogens (primary N) is 1. The zero-order valence-corrected chi connectivity index (χ0v) is 12.4. The second-order valence-electron chi connectivity index (χ2n) is 4.74. The molecule has 0 bridgehead atoms. The summed E-state index contributed by atoms with van der Waals surface area (Å²) in [7, 11) is 1.91. The van der Waals surface area contributed by atoms with Crippen molar-refractivity contribution in [2.75, 3.05) is 13.6 Å². The van der Waals surface area contributed by atoms with E-state index in [0.29, 0.717) is 24.4 Å². The maximum absolute atomic E-state index is 10.8. The lowest BCUT2D eigenvalue weighted by Gasteiger charge is -2.15. The first-order valence-corrected chi connectivity index (χ1v) is 6.83. The minimum Gasteiger partial charge on any atom is -0.392 e. The van der Waals surface area contributed by atoms with Gasteiger partial charge in [-0.25, -0.2) is 0 Å². The molecule has 3 N–H and O–H groups in total. The van der Waals surface area contributed by atoms with Crippen LogP contribution >= 0.6 is 0 Å². The number of allylic oxidation sites excluding steroid dienone is 3. The molecule has 0 saturated heterocycles. The molecule has 0 aromatic carbocycles. The van der Waals surface area contributed by atoms with Crippen molar-refractivity contribution in [2.24, 2.45) is 21.1 Å². The second-order valence-corrected chi connectivity index (χ2v) is 4.74. The molecule has 0 fully saturated rings. The van der Waals surface area contributed by atoms with Gasteiger partial charge in [-0.05, 0) is 37.4 Å². The van der Waals surface area contributed by atoms with Crippen molar-refractivity contribution in [3.63, 3.8) is 0 Å². The predicted octanol–water partition coefficient (Wildman–Crippen LogP) is 3.00. The normalized spacial score (nSPS) is 20.3. The summed E-state index contributed by atoms with van der Waals surface area (Å²) in [6.45, 7) is 4.49. The molecule has 6 heteroatoms. The highest BCUT2D eigenvalue weighted by atomic mass is 16.3. The maximum Gasteiger partial charge on any atom is 0.114 e. The molecule has 6 nitrogen and oxygen atoms in total. The summed E-state index contributed by atoms with van der Waals surface area (Å²) >= 11 is 0. The monoisotopic (exact) mass is 277 g/mol. The lowest BCUT2D eigenvalue weighted by atomic mass is 9.99. The molecule has 1 rings (SSSR count). The van der Waals surface area contributed by atoms with E-state index in [1.807, 2.05) is 33.0 Å². The SMILES string of the molecule is C/C=C(\CCCN=NC1=C(N=O)CC(N)C=C1C)NC. The molecule has 0 aromatic heterocycles. The number of nitrogens with zero attached hydrogens (tertiary/aromatic N) is 3. The van der Waals surface area contributed by atoms with Gasteiger partial charge in [0.1, 0.15) is 11.4 Å². The van der Waals surface area contributed by atoms with Crippen molar-refractivity contribution in [3.8, 4) is 0 Å². The minimum absolute atomic E-state index is 0.158. The fourth-order valence-corrected chi connectivity index (χ4v) is 2.10. The van der Waals surface area contributed by atoms with Crippen molar-refractivity contribution in [1.29, 1.82) is 0 Å². The quantitative estimate of drug-likeness (QED) is 0.425. The lowest BCUT2D eigenvalue weighted by molar-refractivity contribution is 0.729. The van der Waals surface area contributed by atoms with Gasteiger partial charge in [-0.2, -0.15) is 10.2 Å². The average Bonchev–Trinajstić information content (AvgIpc) is 2.44. The summed E-state index contributed by atoms with van der Waals surface area (Å²) in [5.41, 5.74) is 8.82. The van der Waals surface area contributed by atoms with Crippen LogP contribution < -0.4 is 11.1 Å². The van der Waals surface area contributed by atoms with Crippen molar-refractivity contribution in [2.45, 2.75) is 39.2 Å². The number of hydrogen-bond donors (Lipinski definition) is 2. The summed E-state index contributed by atoms with van der Waals surface area (Å²) < 4.78 is 0. The Kier molecular flexibility index (Phi) is 6.79. The molecule has 0 heterocycles. The van der Waals surface area contributed by atoms with Gasteiger partial charge in [0.05, 0.1) is 6.54 Å². The van der Waals surface area contributed by atoms with E-state index in [4.69, 9.17) is 5.73 Å². The molecule has 1 aliphatic carbocycles. The zero-order valence-electron chi connectivity index (χ0n) is 12.4. The second kappa shape index (κ2) is 8.37. The van der Waals surface area contributed by atoms with Crippen molar-refractivity contribution in [3.05, 3.63) is 39.7 Å². The van der Waals surface area contributed by atoms with Crippen molar-refractivity contribution >= 4 is 0 Å². The van der Waals surface area contributed by atoms with E-state index >= 15 is 0 Å². The van der Waals surface area contributed by atoms with Gasteiger partial charge in [-0.1, -0.05) is 12.2 Å². The predicted molar refractivity (Wildman–Crippen MR) is 80.9 cm³/mol. The van der Waals surface area contributed by atoms with Crippen molar-refractivity contribution < 1.29 is 0 Å². The maximum atomic E-state index is 10.8. The third kappa shape index (κ3) is 4.70. The Bertz CT molecular complexity index is 462. The number of hydrogen-bond acceptors (Lipinski definition) is 6. The minimum atomic E-state index is -0.158. The molecule has 110 valence electrons. The first-order valence-electron chi connectivity index (χ1n) is 6.83. The van der Waals surface area contributed by atoms with Crippen molar-refractivity contribution in [1.82, 2.24) is 5.32 Å². The Morgan fingerprint density at radius 2 is 2.35 bits per heavy atom. The summed E-state index contributed by atoms with van der Waals surface area (Å²) in [4.78, 5) is 10.8. The zero-order chi connectivity index (χ0) is 15.0. The van der Waals surface area contributed by atoms with Crippen LogP contribution in [0, 0.1) is 4.91 Å². The summed E-state index contributed by atoms with van der Waals surface area (Å²) in [6.07, 6.45) is 6.20. The molecule has 0 aliphatic heterocycles. The Hall–Kier alpha value is -1.82. The van der Waals surface area contributed by atoms with E-state index in [2.05, 4.69) is 20.7 Å². The molecule has 0 radical (unpaired) electrons. The van der Waals surface area contributed by atoms with Crippen LogP contribution in [0.1, 0.15) is 33.1 Å². The van der Waals surface area contributed by atoms with Gasteiger partial charge in [0, 0.05) is 25.2 Å². The molecule has 0 aromatic rings. The number of nitroso groups, excluding NO2 is 1. The summed E-state index contributed by atoms with van der Waals surface area (Å²) in [5.74, 6) is 0. The fraction of sp³-hybridized carbons (Fsp3) is 0.571. The topological polar surface area (TPSA) is 92.2 Å². The number of nitrogens with one attached hydrogen (secondary N) is 1. The molecular weight excluding hydrogens is 254 g/mol. The van der Waals surface area contributed by atoms with Crippen LogP contribution in [-0.4, -0.2) is 19.6 Å². The van der Waals surface area contributed by atoms with Crippen LogP contribution in [-0.2, 0) is 0 Å². The molecular formula is C14H23N5O. The summed E-state index contributed by atoms with van der Waals surface area (Å²) in [5, 5.41) is 14.4. The molecule has 1 atom stereocenters. The molecule has 20 heavy (non-hydrogen) atoms. The van der Waals surface area contributed by atoms with Gasteiger partial charge < -0.3 is 11.1 Å². The van der Waals surface area contributed by atoms with E-state index in [1.165, 1.54) is 5.70 Å². The van der Waals surface area contributed by atoms with Gasteiger partial charge in [0.15, 0.2) is 0 Å². The van der Waals surface area contributed by atoms with E-state index < -0.39 is 0 Å². The highest BCUT2D eigenvalue weighted by molar-refractivity contribution is 5.37. The van der Waals surface area contributed by atoms with Gasteiger partial charge in [-0.3, -0.25) is 0 Å². The molecule has 1 aliphatic rings. The fourth-order valence-electron chi connectivity index (χ4n) is 2.10. The van der Waals surface area contributed by atoms with Crippen LogP contribution in [0.5, 0.6) is 0 Å². The Morgan fingerprint density at radius 3 is 2.95 bits per heavy atom. The van der Waals surface area contributed by atoms with Gasteiger partial charge >= 0.3 is 0 Å². The molecule has 1 unspecified atom stereocenters. The van der Waals surface area contributed by atoms with Crippen LogP contribution in [0.25, 0.3) is 0 Å². The van der Waals surface area contributed by atoms with E-state index in [9.17, 15) is 4.91 Å². The summed E-state index contributed by atoms with van der Waals surface area (Å²) in [6, 6.07) is -0.158. The standard InChI is InChI=1S/C14H23N5O/c1-4-12(16-3)6-5-7-17-18-14-10(2)8-11(15)9-13(14)19-20/h4,8,11,16H,5-7,9,15H2,1-3H3/b12-4+,18-17?. The molecule has 0 spiro atoms. The van der Waals surface area contributed by atoms with E-state index in [-0.39, 0.29) is 6.04 Å². The van der Waals surface area contributed by atoms with E-state index in [1.54, 1.807) is 0 Å². The molecule has 0 saturated carbocycles. The first-order chi connectivity index (χ1) is 9.62. The lowest BCUT2D eigenvalue weighted by Crippen LogP contribution is -2.21. The Balaban J connectivity index is 2.56. The highest BCUT2D eigenvalue weighted by Crippen LogP contribution is 2.26. The number of azo groups is 1. The van der Waals surface area contributed by atoms with Crippen LogP contribution in [0.15, 0.2) is 50.2 Å². The van der Waals surface area contributed by atoms with Gasteiger partial charge in [-0.15, -0.1) is 4.91 Å². The third-order valence-electron chi connectivity index (χ3n) is 3.19. The smallest absolute Gasteiger partial charge is 0.114 e. The van der Waals surface area contributed by atoms with Crippen LogP contribution in [0.2, 0.25) is 0 Å². The molecule has 0 amide bonds. The largest absolute Gasteiger partial charge is 0.392 e. The highest BCUT2D eigenvalue weighted by Gasteiger charge is 2.18. The van der Waals surface area contributed by atoms with Gasteiger partial charge in [0.25, 0.3) is 0 Å². The van der Waals surface area contributed by atoms with Gasteiger partial charge in [0.2, 0.25) is 0 Å².